The highest BCUT2D eigenvalue weighted by atomic mass is 16.4. The molecule has 0 heterocycles. The lowest BCUT2D eigenvalue weighted by atomic mass is 10.1. The summed E-state index contributed by atoms with van der Waals surface area (Å²) in [5.41, 5.74) is -0.958. The first-order valence-electron chi connectivity index (χ1n) is 3.24. The van der Waals surface area contributed by atoms with Crippen LogP contribution in [0.3, 0.4) is 0 Å². The van der Waals surface area contributed by atoms with Crippen LogP contribution in [-0.4, -0.2) is 30.8 Å². The number of rotatable bonds is 4. The van der Waals surface area contributed by atoms with Crippen molar-refractivity contribution >= 4 is 5.97 Å². The van der Waals surface area contributed by atoms with E-state index in [2.05, 4.69) is 10.6 Å². The van der Waals surface area contributed by atoms with Crippen LogP contribution in [0.25, 0.3) is 0 Å². The maximum absolute atomic E-state index is 10.6. The van der Waals surface area contributed by atoms with Gasteiger partial charge in [0.2, 0.25) is 0 Å². The van der Waals surface area contributed by atoms with Crippen molar-refractivity contribution in [3.63, 3.8) is 0 Å². The molecule has 0 aromatic heterocycles. The van der Waals surface area contributed by atoms with Crippen molar-refractivity contribution in [3.05, 3.63) is 0 Å². The third kappa shape index (κ3) is 1.46. The summed E-state index contributed by atoms with van der Waals surface area (Å²) in [5, 5.41) is 14.1. The largest absolute Gasteiger partial charge is 0.479 e. The summed E-state index contributed by atoms with van der Waals surface area (Å²) in [6.45, 7) is 1.81. The Kier molecular flexibility index (Phi) is 3.32. The third-order valence-corrected chi connectivity index (χ3v) is 1.75. The van der Waals surface area contributed by atoms with Gasteiger partial charge in [0.05, 0.1) is 0 Å². The number of hydrogen-bond acceptors (Lipinski definition) is 3. The number of aliphatic carboxylic acids is 1. The molecule has 0 amide bonds. The molecule has 0 radical (unpaired) electrons. The zero-order chi connectivity index (χ0) is 8.20. The summed E-state index contributed by atoms with van der Waals surface area (Å²) in [4.78, 5) is 10.6. The van der Waals surface area contributed by atoms with Crippen LogP contribution in [0.15, 0.2) is 0 Å². The summed E-state index contributed by atoms with van der Waals surface area (Å²) in [5.74, 6) is -0.875. The first-order chi connectivity index (χ1) is 4.63. The minimum atomic E-state index is -0.958. The molecule has 60 valence electrons. The highest BCUT2D eigenvalue weighted by Crippen LogP contribution is 2.03. The fraction of sp³-hybridized carbons (Fsp3) is 0.833. The first kappa shape index (κ1) is 9.39. The van der Waals surface area contributed by atoms with E-state index < -0.39 is 11.6 Å². The van der Waals surface area contributed by atoms with Gasteiger partial charge in [0.15, 0.2) is 5.66 Å². The highest BCUT2D eigenvalue weighted by Gasteiger charge is 2.32. The van der Waals surface area contributed by atoms with Gasteiger partial charge in [-0.05, 0) is 20.5 Å². The van der Waals surface area contributed by atoms with Crippen LogP contribution in [0, 0.1) is 0 Å². The fourth-order valence-electron chi connectivity index (χ4n) is 0.844. The van der Waals surface area contributed by atoms with E-state index >= 15 is 0 Å². The van der Waals surface area contributed by atoms with Gasteiger partial charge in [-0.25, -0.2) is 4.79 Å². The summed E-state index contributed by atoms with van der Waals surface area (Å²) < 4.78 is 0. The average Bonchev–Trinajstić information content (AvgIpc) is 1.92. The topological polar surface area (TPSA) is 61.4 Å². The number of carboxylic acids is 1. The molecule has 4 nitrogen and oxygen atoms in total. The summed E-state index contributed by atoms with van der Waals surface area (Å²) in [6, 6.07) is 0. The van der Waals surface area contributed by atoms with Crippen molar-refractivity contribution in [2.24, 2.45) is 0 Å². The Morgan fingerprint density at radius 3 is 1.90 bits per heavy atom. The molecule has 0 aromatic rings. The predicted octanol–water partition coefficient (Wildman–Crippen LogP) is -0.384. The van der Waals surface area contributed by atoms with Gasteiger partial charge in [-0.2, -0.15) is 0 Å². The van der Waals surface area contributed by atoms with E-state index in [4.69, 9.17) is 5.11 Å². The SMILES string of the molecule is CCC(NC)(NC)C(=O)O. The molecule has 0 saturated carbocycles. The Morgan fingerprint density at radius 2 is 1.90 bits per heavy atom. The molecule has 4 heteroatoms. The molecule has 0 atom stereocenters. The number of likely N-dealkylation sites (N-methyl/N-ethyl adjacent to an activating group) is 2. The quantitative estimate of drug-likeness (QED) is 0.473. The molecular weight excluding hydrogens is 132 g/mol. The maximum atomic E-state index is 10.6. The average molecular weight is 146 g/mol. The van der Waals surface area contributed by atoms with Crippen LogP contribution < -0.4 is 10.6 Å². The summed E-state index contributed by atoms with van der Waals surface area (Å²) >= 11 is 0. The Balaban J connectivity index is 4.31. The molecule has 0 aromatic carbocycles. The van der Waals surface area contributed by atoms with Crippen LogP contribution in [-0.2, 0) is 4.79 Å². The second-order valence-electron chi connectivity index (χ2n) is 2.06. The minimum absolute atomic E-state index is 0.509. The molecular formula is C6H14N2O2. The second-order valence-corrected chi connectivity index (χ2v) is 2.06. The van der Waals surface area contributed by atoms with Crippen molar-refractivity contribution in [2.45, 2.75) is 19.0 Å². The molecule has 0 spiro atoms. The Labute approximate surface area is 60.6 Å². The zero-order valence-corrected chi connectivity index (χ0v) is 6.56. The molecule has 0 aliphatic heterocycles. The molecule has 0 bridgehead atoms. The van der Waals surface area contributed by atoms with E-state index in [1.54, 1.807) is 21.0 Å². The van der Waals surface area contributed by atoms with Crippen LogP contribution in [0.1, 0.15) is 13.3 Å². The van der Waals surface area contributed by atoms with E-state index in [-0.39, 0.29) is 0 Å². The van der Waals surface area contributed by atoms with Crippen molar-refractivity contribution < 1.29 is 9.90 Å². The maximum Gasteiger partial charge on any atom is 0.338 e. The van der Waals surface area contributed by atoms with Gasteiger partial charge in [0.1, 0.15) is 0 Å². The van der Waals surface area contributed by atoms with Gasteiger partial charge in [0.25, 0.3) is 0 Å². The highest BCUT2D eigenvalue weighted by molar-refractivity contribution is 5.78. The molecule has 0 fully saturated rings. The van der Waals surface area contributed by atoms with Gasteiger partial charge in [-0.3, -0.25) is 10.6 Å². The van der Waals surface area contributed by atoms with Crippen LogP contribution >= 0.6 is 0 Å². The lowest BCUT2D eigenvalue weighted by Gasteiger charge is -2.26. The van der Waals surface area contributed by atoms with Gasteiger partial charge in [-0.1, -0.05) is 6.92 Å². The summed E-state index contributed by atoms with van der Waals surface area (Å²) in [7, 11) is 3.24. The lowest BCUT2D eigenvalue weighted by Crippen LogP contribution is -2.59. The number of carbonyl (C=O) groups is 1. The number of hydrogen-bond donors (Lipinski definition) is 3. The summed E-state index contributed by atoms with van der Waals surface area (Å²) in [6.07, 6.45) is 0.509. The van der Waals surface area contributed by atoms with Crippen molar-refractivity contribution in [3.8, 4) is 0 Å². The number of carboxylic acid groups (broad SMARTS) is 1. The van der Waals surface area contributed by atoms with Gasteiger partial charge in [-0.15, -0.1) is 0 Å². The molecule has 0 aliphatic carbocycles. The molecule has 0 aliphatic rings. The monoisotopic (exact) mass is 146 g/mol. The van der Waals surface area contributed by atoms with E-state index in [0.717, 1.165) is 0 Å². The lowest BCUT2D eigenvalue weighted by molar-refractivity contribution is -0.146. The fourth-order valence-corrected chi connectivity index (χ4v) is 0.844. The zero-order valence-electron chi connectivity index (χ0n) is 6.56. The van der Waals surface area contributed by atoms with E-state index in [9.17, 15) is 4.79 Å². The van der Waals surface area contributed by atoms with Gasteiger partial charge in [0, 0.05) is 0 Å². The van der Waals surface area contributed by atoms with Crippen LogP contribution in [0.2, 0.25) is 0 Å². The Bertz CT molecular complexity index is 113. The van der Waals surface area contributed by atoms with Crippen molar-refractivity contribution in [2.75, 3.05) is 14.1 Å². The molecule has 3 N–H and O–H groups in total. The van der Waals surface area contributed by atoms with E-state index in [0.29, 0.717) is 6.42 Å². The van der Waals surface area contributed by atoms with E-state index in [1.807, 2.05) is 0 Å². The van der Waals surface area contributed by atoms with Crippen molar-refractivity contribution in [1.82, 2.24) is 10.6 Å². The minimum Gasteiger partial charge on any atom is -0.479 e. The predicted molar refractivity (Wildman–Crippen MR) is 38.8 cm³/mol. The molecule has 10 heavy (non-hydrogen) atoms. The second kappa shape index (κ2) is 3.53. The molecule has 0 rings (SSSR count). The Hall–Kier alpha value is -0.610. The van der Waals surface area contributed by atoms with Crippen LogP contribution in [0.5, 0.6) is 0 Å². The Morgan fingerprint density at radius 1 is 1.50 bits per heavy atom. The smallest absolute Gasteiger partial charge is 0.338 e. The van der Waals surface area contributed by atoms with E-state index in [1.165, 1.54) is 0 Å². The molecule has 0 saturated heterocycles. The number of nitrogens with one attached hydrogen (secondary N) is 2. The van der Waals surface area contributed by atoms with Gasteiger partial charge >= 0.3 is 5.97 Å². The normalized spacial score (nSPS) is 11.5. The third-order valence-electron chi connectivity index (χ3n) is 1.75. The van der Waals surface area contributed by atoms with Gasteiger partial charge < -0.3 is 5.11 Å². The molecule has 0 unspecified atom stereocenters. The van der Waals surface area contributed by atoms with Crippen molar-refractivity contribution in [1.29, 1.82) is 0 Å². The van der Waals surface area contributed by atoms with Crippen LogP contribution in [0.4, 0.5) is 0 Å². The standard InChI is InChI=1S/C6H14N2O2/c1-4-6(7-2,8-3)5(9)10/h7-8H,4H2,1-3H3,(H,9,10). The first-order valence-corrected chi connectivity index (χ1v) is 3.24.